The maximum atomic E-state index is 12.6. The van der Waals surface area contributed by atoms with Crippen molar-refractivity contribution in [3.05, 3.63) is 59.2 Å². The number of fused-ring (bicyclic) bond motifs is 1. The molecule has 0 unspecified atom stereocenters. The van der Waals surface area contributed by atoms with Crippen LogP contribution in [0, 0.1) is 12.8 Å². The number of nitrogens with one attached hydrogen (secondary N) is 1. The van der Waals surface area contributed by atoms with Gasteiger partial charge in [-0.05, 0) is 43.0 Å². The molecule has 0 spiro atoms. The molecule has 2 aromatic rings. The molecule has 152 valence electrons. The third-order valence-electron chi connectivity index (χ3n) is 5.56. The van der Waals surface area contributed by atoms with Gasteiger partial charge < -0.3 is 19.7 Å². The van der Waals surface area contributed by atoms with Gasteiger partial charge in [0, 0.05) is 25.6 Å². The Bertz CT molecular complexity index is 904. The molecule has 2 aromatic carbocycles. The van der Waals surface area contributed by atoms with Crippen molar-refractivity contribution in [3.63, 3.8) is 0 Å². The molecule has 2 heterocycles. The van der Waals surface area contributed by atoms with E-state index < -0.39 is 0 Å². The summed E-state index contributed by atoms with van der Waals surface area (Å²) >= 11 is 0. The van der Waals surface area contributed by atoms with E-state index in [2.05, 4.69) is 5.32 Å². The molecule has 2 aliphatic rings. The number of amides is 2. The molecule has 29 heavy (non-hydrogen) atoms. The van der Waals surface area contributed by atoms with Gasteiger partial charge in [-0.15, -0.1) is 0 Å². The van der Waals surface area contributed by atoms with Crippen LogP contribution in [0.5, 0.6) is 11.5 Å². The summed E-state index contributed by atoms with van der Waals surface area (Å²) in [6.45, 7) is 4.00. The van der Waals surface area contributed by atoms with E-state index in [9.17, 15) is 9.59 Å². The first-order valence-electron chi connectivity index (χ1n) is 10.1. The molecule has 2 amide bonds. The van der Waals surface area contributed by atoms with Crippen LogP contribution in [0.1, 0.15) is 29.5 Å². The fraction of sp³-hybridized carbons (Fsp3) is 0.391. The predicted octanol–water partition coefficient (Wildman–Crippen LogP) is 2.82. The van der Waals surface area contributed by atoms with E-state index in [-0.39, 0.29) is 24.5 Å². The number of rotatable bonds is 5. The zero-order chi connectivity index (χ0) is 20.2. The third kappa shape index (κ3) is 4.70. The van der Waals surface area contributed by atoms with Crippen LogP contribution in [-0.2, 0) is 22.6 Å². The Balaban J connectivity index is 1.23. The SMILES string of the molecule is Cc1cccc(CC(=O)N2CCC(C(=O)NCc3ccc4c(c3)OCO4)CC2)c1. The Morgan fingerprint density at radius 2 is 1.83 bits per heavy atom. The molecule has 1 saturated heterocycles. The summed E-state index contributed by atoms with van der Waals surface area (Å²) in [5.74, 6) is 1.59. The summed E-state index contributed by atoms with van der Waals surface area (Å²) in [5.41, 5.74) is 3.18. The van der Waals surface area contributed by atoms with Crippen molar-refractivity contribution in [2.45, 2.75) is 32.7 Å². The fourth-order valence-corrected chi connectivity index (χ4v) is 3.88. The van der Waals surface area contributed by atoms with Gasteiger partial charge in [0.2, 0.25) is 18.6 Å². The second-order valence-corrected chi connectivity index (χ2v) is 7.73. The van der Waals surface area contributed by atoms with Crippen LogP contribution in [0.4, 0.5) is 0 Å². The van der Waals surface area contributed by atoms with Gasteiger partial charge in [-0.25, -0.2) is 0 Å². The van der Waals surface area contributed by atoms with Gasteiger partial charge in [0.1, 0.15) is 0 Å². The van der Waals surface area contributed by atoms with Gasteiger partial charge in [-0.2, -0.15) is 0 Å². The summed E-state index contributed by atoms with van der Waals surface area (Å²) in [6, 6.07) is 13.7. The standard InChI is InChI=1S/C23H26N2O4/c1-16-3-2-4-17(11-16)13-22(26)25-9-7-19(8-10-25)23(27)24-14-18-5-6-20-21(12-18)29-15-28-20/h2-6,11-12,19H,7-10,13-15H2,1H3,(H,24,27). The first-order valence-corrected chi connectivity index (χ1v) is 10.1. The minimum Gasteiger partial charge on any atom is -0.454 e. The van der Waals surface area contributed by atoms with Gasteiger partial charge in [0.15, 0.2) is 11.5 Å². The first-order chi connectivity index (χ1) is 14.1. The topological polar surface area (TPSA) is 67.9 Å². The van der Waals surface area contributed by atoms with Crippen LogP contribution in [0.2, 0.25) is 0 Å². The highest BCUT2D eigenvalue weighted by atomic mass is 16.7. The van der Waals surface area contributed by atoms with Crippen molar-refractivity contribution in [1.82, 2.24) is 10.2 Å². The number of likely N-dealkylation sites (tertiary alicyclic amines) is 1. The highest BCUT2D eigenvalue weighted by Crippen LogP contribution is 2.32. The second-order valence-electron chi connectivity index (χ2n) is 7.73. The van der Waals surface area contributed by atoms with Gasteiger partial charge >= 0.3 is 0 Å². The van der Waals surface area contributed by atoms with Crippen molar-refractivity contribution in [2.75, 3.05) is 19.9 Å². The molecule has 6 nitrogen and oxygen atoms in total. The summed E-state index contributed by atoms with van der Waals surface area (Å²) in [5, 5.41) is 3.01. The molecule has 0 bridgehead atoms. The second kappa shape index (κ2) is 8.55. The molecule has 1 fully saturated rings. The zero-order valence-corrected chi connectivity index (χ0v) is 16.6. The van der Waals surface area contributed by atoms with E-state index in [0.29, 0.717) is 38.9 Å². The van der Waals surface area contributed by atoms with Gasteiger partial charge in [-0.1, -0.05) is 35.9 Å². The lowest BCUT2D eigenvalue weighted by Crippen LogP contribution is -2.43. The average Bonchev–Trinajstić information content (AvgIpc) is 3.20. The molecule has 0 aromatic heterocycles. The lowest BCUT2D eigenvalue weighted by Gasteiger charge is -2.31. The minimum absolute atomic E-state index is 0.0490. The van der Waals surface area contributed by atoms with Crippen LogP contribution < -0.4 is 14.8 Å². The van der Waals surface area contributed by atoms with Crippen LogP contribution in [0.25, 0.3) is 0 Å². The van der Waals surface area contributed by atoms with Crippen molar-refractivity contribution < 1.29 is 19.1 Å². The first kappa shape index (κ1) is 19.3. The molecule has 6 heteroatoms. The number of piperidine rings is 1. The molecule has 4 rings (SSSR count). The number of carbonyl (C=O) groups excluding carboxylic acids is 2. The van der Waals surface area contributed by atoms with Gasteiger partial charge in [0.25, 0.3) is 0 Å². The monoisotopic (exact) mass is 394 g/mol. The van der Waals surface area contributed by atoms with Gasteiger partial charge in [0.05, 0.1) is 6.42 Å². The van der Waals surface area contributed by atoms with Crippen LogP contribution in [-0.4, -0.2) is 36.6 Å². The number of ether oxygens (including phenoxy) is 2. The Hall–Kier alpha value is -3.02. The largest absolute Gasteiger partial charge is 0.454 e. The van der Waals surface area contributed by atoms with E-state index in [1.54, 1.807) is 0 Å². The van der Waals surface area contributed by atoms with Crippen molar-refractivity contribution in [3.8, 4) is 11.5 Å². The number of nitrogens with zero attached hydrogens (tertiary/aromatic N) is 1. The molecule has 1 N–H and O–H groups in total. The van der Waals surface area contributed by atoms with Crippen LogP contribution >= 0.6 is 0 Å². The zero-order valence-electron chi connectivity index (χ0n) is 16.6. The number of carbonyl (C=O) groups is 2. The Morgan fingerprint density at radius 1 is 1.03 bits per heavy atom. The van der Waals surface area contributed by atoms with E-state index in [1.165, 1.54) is 0 Å². The Labute approximate surface area is 170 Å². The summed E-state index contributed by atoms with van der Waals surface area (Å²) in [6.07, 6.45) is 1.82. The lowest BCUT2D eigenvalue weighted by molar-refractivity contribution is -0.135. The van der Waals surface area contributed by atoms with E-state index in [1.807, 2.05) is 54.3 Å². The Morgan fingerprint density at radius 3 is 2.62 bits per heavy atom. The van der Waals surface area contributed by atoms with E-state index >= 15 is 0 Å². The normalized spacial score (nSPS) is 16.0. The van der Waals surface area contributed by atoms with Crippen LogP contribution in [0.3, 0.4) is 0 Å². The third-order valence-corrected chi connectivity index (χ3v) is 5.56. The maximum absolute atomic E-state index is 12.6. The van der Waals surface area contributed by atoms with Crippen molar-refractivity contribution >= 4 is 11.8 Å². The van der Waals surface area contributed by atoms with E-state index in [0.717, 1.165) is 28.2 Å². The summed E-state index contributed by atoms with van der Waals surface area (Å²) in [7, 11) is 0. The molecule has 0 atom stereocenters. The quantitative estimate of drug-likeness (QED) is 0.847. The summed E-state index contributed by atoms with van der Waals surface area (Å²) < 4.78 is 10.7. The number of aryl methyl sites for hydroxylation is 1. The number of hydrogen-bond donors (Lipinski definition) is 1. The fourth-order valence-electron chi connectivity index (χ4n) is 3.88. The number of benzene rings is 2. The maximum Gasteiger partial charge on any atom is 0.231 e. The molecule has 2 aliphatic heterocycles. The highest BCUT2D eigenvalue weighted by Gasteiger charge is 2.27. The molecule has 0 aliphatic carbocycles. The molecular weight excluding hydrogens is 368 g/mol. The highest BCUT2D eigenvalue weighted by molar-refractivity contribution is 5.81. The van der Waals surface area contributed by atoms with Crippen LogP contribution in [0.15, 0.2) is 42.5 Å². The molecule has 0 radical (unpaired) electrons. The van der Waals surface area contributed by atoms with Crippen molar-refractivity contribution in [1.29, 1.82) is 0 Å². The lowest BCUT2D eigenvalue weighted by atomic mass is 9.95. The molecule has 0 saturated carbocycles. The number of hydrogen-bond acceptors (Lipinski definition) is 4. The minimum atomic E-state index is -0.0490. The summed E-state index contributed by atoms with van der Waals surface area (Å²) in [4.78, 5) is 27.0. The molecular formula is C23H26N2O4. The van der Waals surface area contributed by atoms with Gasteiger partial charge in [-0.3, -0.25) is 9.59 Å². The Kier molecular flexibility index (Phi) is 5.69. The average molecular weight is 394 g/mol. The smallest absolute Gasteiger partial charge is 0.231 e. The van der Waals surface area contributed by atoms with E-state index in [4.69, 9.17) is 9.47 Å². The predicted molar refractivity (Wildman–Crippen MR) is 109 cm³/mol. The van der Waals surface area contributed by atoms with Crippen molar-refractivity contribution in [2.24, 2.45) is 5.92 Å².